The van der Waals surface area contributed by atoms with Crippen molar-refractivity contribution < 1.29 is 118 Å². The molecule has 0 amide bonds. The van der Waals surface area contributed by atoms with Gasteiger partial charge in [0.1, 0.15) is 35.8 Å². The van der Waals surface area contributed by atoms with Gasteiger partial charge in [0.05, 0.1) is 45.2 Å². The Hall–Kier alpha value is -1.44. The minimum atomic E-state index is -5.32. The maximum atomic E-state index is 13.4. The number of nitrogen functional groups attached to an aromatic ring is 2. The number of nitrogens with zero attached hydrogens (tertiary/aromatic N) is 7. The number of hydrogen-bond donors (Lipinski definition) is 5. The Morgan fingerprint density at radius 2 is 1.76 bits per heavy atom. The topological polar surface area (TPSA) is 321 Å². The van der Waals surface area contributed by atoms with Gasteiger partial charge in [-0.05, 0) is 0 Å². The van der Waals surface area contributed by atoms with E-state index in [4.69, 9.17) is 43.8 Å². The molecular formula is C22H27N10Na2O13P2-. The van der Waals surface area contributed by atoms with E-state index in [2.05, 4.69) is 29.9 Å². The van der Waals surface area contributed by atoms with Gasteiger partial charge in [-0.2, -0.15) is 4.98 Å². The van der Waals surface area contributed by atoms with Crippen molar-refractivity contribution in [2.75, 3.05) is 37.9 Å². The molecule has 7 N–H and O–H groups in total. The molecule has 0 saturated carbocycles. The number of H-pyrrole nitrogens is 1. The van der Waals surface area contributed by atoms with E-state index in [9.17, 15) is 28.8 Å². The van der Waals surface area contributed by atoms with Gasteiger partial charge in [-0.3, -0.25) is 32.5 Å². The van der Waals surface area contributed by atoms with Crippen LogP contribution in [0.15, 0.2) is 23.8 Å². The second-order valence-corrected chi connectivity index (χ2v) is 14.0. The Morgan fingerprint density at radius 3 is 2.51 bits per heavy atom. The summed E-state index contributed by atoms with van der Waals surface area (Å²) in [4.78, 5) is 59.3. The number of aromatic nitrogens is 8. The number of aliphatic hydroxyl groups excluding tert-OH is 1. The third-order valence-corrected chi connectivity index (χ3v) is 10.3. The minimum Gasteiger partial charge on any atom is -1.00 e. The average Bonchev–Trinajstić information content (AvgIpc) is 3.82. The smallest absolute Gasteiger partial charge is 1.00 e. The maximum Gasteiger partial charge on any atom is 1.00 e. The maximum absolute atomic E-state index is 13.4. The normalized spacial score (nSPS) is 37.5. The summed E-state index contributed by atoms with van der Waals surface area (Å²) >= 11 is 0. The van der Waals surface area contributed by atoms with E-state index < -0.39 is 89.4 Å². The van der Waals surface area contributed by atoms with Crippen LogP contribution in [0.1, 0.15) is 15.3 Å². The van der Waals surface area contributed by atoms with Gasteiger partial charge in [0.2, 0.25) is 5.95 Å². The van der Waals surface area contributed by atoms with Crippen molar-refractivity contribution >= 4 is 49.7 Å². The molecule has 10 atom stereocenters. The molecule has 23 nitrogen and oxygen atoms in total. The summed E-state index contributed by atoms with van der Waals surface area (Å²) < 4.78 is 69.2. The van der Waals surface area contributed by atoms with E-state index >= 15 is 0 Å². The molecule has 4 aliphatic heterocycles. The van der Waals surface area contributed by atoms with Gasteiger partial charge in [-0.1, -0.05) is 0 Å². The van der Waals surface area contributed by atoms with Gasteiger partial charge in [0.15, 0.2) is 35.1 Å². The number of fused-ring (bicyclic) bond motifs is 4. The third kappa shape index (κ3) is 6.36. The number of ether oxygens (including phenoxy) is 3. The first-order valence-electron chi connectivity index (χ1n) is 13.9. The fraction of sp³-hybridized carbons (Fsp3) is 0.545. The molecule has 27 heteroatoms. The SMILES string of the molecule is Nc1nc2c(ncn2C2OC3COP(=O)(O)OC4C5OCC4(COP(=O)([O-])OC2C3CO)OC5n2cnc3c(N)ncnc32)c(=O)[nH]1.[H-].[H-].[Na+].[Na+]. The van der Waals surface area contributed by atoms with Gasteiger partial charge in [-0.25, -0.2) is 24.5 Å². The van der Waals surface area contributed by atoms with Gasteiger partial charge in [-0.15, -0.1) is 0 Å². The molecule has 4 aromatic heterocycles. The number of anilines is 2. The third-order valence-electron chi connectivity index (χ3n) is 8.43. The Labute approximate surface area is 320 Å². The number of hydrogen-bond acceptors (Lipinski definition) is 19. The molecule has 49 heavy (non-hydrogen) atoms. The first kappa shape index (κ1) is 37.3. The number of aromatic amines is 1. The van der Waals surface area contributed by atoms with Crippen molar-refractivity contribution in [3.05, 3.63) is 29.3 Å². The van der Waals surface area contributed by atoms with Crippen LogP contribution in [0, 0.1) is 5.92 Å². The molecule has 0 radical (unpaired) electrons. The van der Waals surface area contributed by atoms with Crippen LogP contribution in [-0.4, -0.2) is 105 Å². The molecule has 4 fully saturated rings. The molecule has 256 valence electrons. The molecule has 10 unspecified atom stereocenters. The second-order valence-electron chi connectivity index (χ2n) is 11.2. The van der Waals surface area contributed by atoms with Crippen molar-refractivity contribution in [1.29, 1.82) is 0 Å². The van der Waals surface area contributed by atoms with Crippen LogP contribution in [0.2, 0.25) is 0 Å². The molecule has 4 bridgehead atoms. The molecule has 4 aromatic rings. The van der Waals surface area contributed by atoms with Crippen LogP contribution in [-0.2, 0) is 41.4 Å². The fourth-order valence-electron chi connectivity index (χ4n) is 6.29. The summed E-state index contributed by atoms with van der Waals surface area (Å²) in [6.45, 7) is -2.53. The molecule has 4 aliphatic rings. The van der Waals surface area contributed by atoms with Crippen molar-refractivity contribution in [2.24, 2.45) is 5.92 Å². The zero-order valence-electron chi connectivity index (χ0n) is 27.7. The minimum absolute atomic E-state index is 0. The fourth-order valence-corrected chi connectivity index (χ4v) is 8.28. The number of imidazole rings is 2. The molecule has 0 aromatic carbocycles. The number of phosphoric ester groups is 2. The predicted octanol–water partition coefficient (Wildman–Crippen LogP) is -8.08. The van der Waals surface area contributed by atoms with Gasteiger partial charge >= 0.3 is 66.9 Å². The zero-order chi connectivity index (χ0) is 32.9. The quantitative estimate of drug-likeness (QED) is 0.0959. The number of rotatable bonds is 3. The summed E-state index contributed by atoms with van der Waals surface area (Å²) in [6.07, 6.45) is -4.16. The second kappa shape index (κ2) is 13.5. The van der Waals surface area contributed by atoms with Crippen molar-refractivity contribution in [3.63, 3.8) is 0 Å². The van der Waals surface area contributed by atoms with E-state index in [1.807, 2.05) is 0 Å². The van der Waals surface area contributed by atoms with E-state index in [0.717, 1.165) is 6.33 Å². The summed E-state index contributed by atoms with van der Waals surface area (Å²) in [7, 11) is -10.3. The number of nitrogens with one attached hydrogen (secondary N) is 1. The summed E-state index contributed by atoms with van der Waals surface area (Å²) in [6, 6.07) is 0. The van der Waals surface area contributed by atoms with Crippen LogP contribution in [0.3, 0.4) is 0 Å². The Balaban J connectivity index is 0.00000146. The Bertz CT molecular complexity index is 2070. The molecule has 8 heterocycles. The van der Waals surface area contributed by atoms with E-state index in [1.54, 1.807) is 0 Å². The molecule has 0 aliphatic carbocycles. The molecule has 8 rings (SSSR count). The summed E-state index contributed by atoms with van der Waals surface area (Å²) in [5, 5.41) is 10.3. The zero-order valence-corrected chi connectivity index (χ0v) is 31.5. The molecule has 4 saturated heterocycles. The van der Waals surface area contributed by atoms with E-state index in [0.29, 0.717) is 0 Å². The van der Waals surface area contributed by atoms with Crippen LogP contribution in [0.4, 0.5) is 11.8 Å². The van der Waals surface area contributed by atoms with Crippen molar-refractivity contribution in [1.82, 2.24) is 39.0 Å². The predicted molar refractivity (Wildman–Crippen MR) is 151 cm³/mol. The van der Waals surface area contributed by atoms with E-state index in [1.165, 1.54) is 21.8 Å². The van der Waals surface area contributed by atoms with E-state index in [-0.39, 0.29) is 103 Å². The van der Waals surface area contributed by atoms with Crippen molar-refractivity contribution in [2.45, 2.75) is 42.5 Å². The number of aliphatic hydroxyl groups is 1. The van der Waals surface area contributed by atoms with Crippen LogP contribution < -0.4 is 81.0 Å². The van der Waals surface area contributed by atoms with Crippen LogP contribution in [0.25, 0.3) is 22.3 Å². The van der Waals surface area contributed by atoms with Crippen LogP contribution >= 0.6 is 15.6 Å². The van der Waals surface area contributed by atoms with Crippen LogP contribution in [0.5, 0.6) is 0 Å². The Morgan fingerprint density at radius 1 is 1.02 bits per heavy atom. The average molecular weight is 747 g/mol. The number of phosphoric acid groups is 2. The molecular weight excluding hydrogens is 720 g/mol. The van der Waals surface area contributed by atoms with Crippen molar-refractivity contribution in [3.8, 4) is 0 Å². The Kier molecular flexibility index (Phi) is 10.3. The van der Waals surface area contributed by atoms with Gasteiger partial charge < -0.3 is 52.5 Å². The standard InChI is InChI=1S/C22H26N10O13P2.2Na.2H/c23-15-10-16(26-5-25-15)31(6-27-10)20-13-14-22(43-20,3-39-13)4-41-47(37,38)44-12-8(1-33)9(2-40-46(35,36)45-14)42-19(12)32-7-28-11-17(32)29-21(24)30-18(11)34;;;;/h5-9,12-14,19-20,33H,1-4H2,(H,35,36)(H,37,38)(H2,23,25,26)(H3,24,29,30,34);;;;/q;2*+1;2*-1/p-1. The monoisotopic (exact) mass is 747 g/mol. The molecule has 0 spiro atoms. The summed E-state index contributed by atoms with van der Waals surface area (Å²) in [5.41, 5.74) is 9.39. The largest absolute Gasteiger partial charge is 1.00 e. The number of nitrogens with two attached hydrogens (primary N) is 2. The first-order chi connectivity index (χ1) is 22.4. The summed E-state index contributed by atoms with van der Waals surface area (Å²) in [5.74, 6) is -1.36. The van der Waals surface area contributed by atoms with Gasteiger partial charge in [0.25, 0.3) is 13.4 Å². The van der Waals surface area contributed by atoms with Gasteiger partial charge in [0, 0.05) is 5.92 Å². The first-order valence-corrected chi connectivity index (χ1v) is 16.8.